The normalized spacial score (nSPS) is 10.9. The summed E-state index contributed by atoms with van der Waals surface area (Å²) in [4.78, 5) is 14.4. The third-order valence-electron chi connectivity index (χ3n) is 4.48. The Morgan fingerprint density at radius 3 is 2.62 bits per heavy atom. The van der Waals surface area contributed by atoms with Gasteiger partial charge in [0.05, 0.1) is 10.7 Å². The van der Waals surface area contributed by atoms with Gasteiger partial charge < -0.3 is 14.8 Å². The quantitative estimate of drug-likeness (QED) is 0.656. The fraction of sp³-hybridized carbons (Fsp3) is 0.250. The van der Waals surface area contributed by atoms with Crippen LogP contribution in [0.5, 0.6) is 0 Å². The molecule has 1 heterocycles. The lowest BCUT2D eigenvalue weighted by molar-refractivity contribution is 0.0946. The maximum Gasteiger partial charge on any atom is 0.269 e. The molecule has 1 N–H and O–H groups in total. The summed E-state index contributed by atoms with van der Waals surface area (Å²) in [6.07, 6.45) is 0.693. The Morgan fingerprint density at radius 1 is 1.19 bits per heavy atom. The van der Waals surface area contributed by atoms with Crippen LogP contribution in [0.15, 0.2) is 48.5 Å². The number of hydrogen-bond acceptors (Lipinski definition) is 2. The lowest BCUT2D eigenvalue weighted by Crippen LogP contribution is -2.29. The molecule has 0 spiro atoms. The molecule has 0 saturated carbocycles. The van der Waals surface area contributed by atoms with Crippen LogP contribution in [0.3, 0.4) is 0 Å². The van der Waals surface area contributed by atoms with Gasteiger partial charge in [-0.3, -0.25) is 4.79 Å². The van der Waals surface area contributed by atoms with Crippen molar-refractivity contribution >= 4 is 34.1 Å². The number of aryl methyl sites for hydroxylation is 1. The standard InChI is InChI=1S/C20H21ClFN3O/c1-24(17-11-6-4-9-15(17)22)13-7-12-23-20(26)19-18(21)14-8-3-5-10-16(14)25(19)2/h3-6,8-11H,7,12-13H2,1-2H3,(H,23,26). The van der Waals surface area contributed by atoms with Crippen molar-refractivity contribution in [3.63, 3.8) is 0 Å². The van der Waals surface area contributed by atoms with Crippen molar-refractivity contribution in [3.8, 4) is 0 Å². The Bertz CT molecular complexity index is 899. The van der Waals surface area contributed by atoms with Gasteiger partial charge in [-0.15, -0.1) is 0 Å². The number of nitrogens with zero attached hydrogens (tertiary/aromatic N) is 2. The smallest absolute Gasteiger partial charge is 0.269 e. The lowest BCUT2D eigenvalue weighted by atomic mass is 10.2. The van der Waals surface area contributed by atoms with Crippen LogP contribution in [-0.2, 0) is 7.05 Å². The van der Waals surface area contributed by atoms with Crippen LogP contribution in [-0.4, -0.2) is 30.6 Å². The molecule has 0 bridgehead atoms. The first-order valence-electron chi connectivity index (χ1n) is 8.47. The molecular formula is C20H21ClFN3O. The summed E-state index contributed by atoms with van der Waals surface area (Å²) in [6, 6.07) is 14.3. The van der Waals surface area contributed by atoms with Crippen molar-refractivity contribution in [1.29, 1.82) is 0 Å². The second kappa shape index (κ2) is 7.79. The number of para-hydroxylation sites is 2. The van der Waals surface area contributed by atoms with Gasteiger partial charge in [-0.1, -0.05) is 41.9 Å². The molecule has 3 aromatic rings. The summed E-state index contributed by atoms with van der Waals surface area (Å²) in [5, 5.41) is 4.22. The fourth-order valence-electron chi connectivity index (χ4n) is 3.08. The summed E-state index contributed by atoms with van der Waals surface area (Å²) < 4.78 is 15.6. The van der Waals surface area contributed by atoms with Crippen LogP contribution in [0.25, 0.3) is 10.9 Å². The lowest BCUT2D eigenvalue weighted by Gasteiger charge is -2.19. The molecule has 0 fully saturated rings. The van der Waals surface area contributed by atoms with E-state index in [1.165, 1.54) is 6.07 Å². The van der Waals surface area contributed by atoms with Gasteiger partial charge in [0.25, 0.3) is 5.91 Å². The van der Waals surface area contributed by atoms with Crippen molar-refractivity contribution in [1.82, 2.24) is 9.88 Å². The average Bonchev–Trinajstić information content (AvgIpc) is 2.90. The largest absolute Gasteiger partial charge is 0.372 e. The van der Waals surface area contributed by atoms with Gasteiger partial charge in [0, 0.05) is 38.1 Å². The SMILES string of the molecule is CN(CCCNC(=O)c1c(Cl)c2ccccc2n1C)c1ccccc1F. The zero-order valence-electron chi connectivity index (χ0n) is 14.8. The van der Waals surface area contributed by atoms with E-state index in [2.05, 4.69) is 5.32 Å². The number of nitrogens with one attached hydrogen (secondary N) is 1. The molecule has 0 atom stereocenters. The average molecular weight is 374 g/mol. The number of benzene rings is 2. The topological polar surface area (TPSA) is 37.3 Å². The highest BCUT2D eigenvalue weighted by atomic mass is 35.5. The second-order valence-corrected chi connectivity index (χ2v) is 6.60. The molecule has 3 rings (SSSR count). The molecule has 26 heavy (non-hydrogen) atoms. The predicted octanol–water partition coefficient (Wildman–Crippen LogP) is 4.23. The number of halogens is 2. The van der Waals surface area contributed by atoms with Crippen LogP contribution in [0.1, 0.15) is 16.9 Å². The molecule has 0 aliphatic carbocycles. The molecule has 0 aliphatic heterocycles. The fourth-order valence-corrected chi connectivity index (χ4v) is 3.45. The second-order valence-electron chi connectivity index (χ2n) is 6.22. The van der Waals surface area contributed by atoms with Gasteiger partial charge in [-0.2, -0.15) is 0 Å². The molecule has 0 saturated heterocycles. The first-order valence-corrected chi connectivity index (χ1v) is 8.85. The molecule has 0 aliphatic rings. The number of anilines is 1. The van der Waals surface area contributed by atoms with Gasteiger partial charge >= 0.3 is 0 Å². The van der Waals surface area contributed by atoms with E-state index in [1.54, 1.807) is 22.8 Å². The molecule has 0 unspecified atom stereocenters. The van der Waals surface area contributed by atoms with Crippen LogP contribution in [0.4, 0.5) is 10.1 Å². The highest BCUT2D eigenvalue weighted by molar-refractivity contribution is 6.38. The van der Waals surface area contributed by atoms with Crippen molar-refractivity contribution < 1.29 is 9.18 Å². The third kappa shape index (κ3) is 3.53. The van der Waals surface area contributed by atoms with Crippen molar-refractivity contribution in [2.75, 3.05) is 25.0 Å². The molecule has 6 heteroatoms. The Morgan fingerprint density at radius 2 is 1.88 bits per heavy atom. The van der Waals surface area contributed by atoms with Gasteiger partial charge in [-0.05, 0) is 24.6 Å². The monoisotopic (exact) mass is 373 g/mol. The van der Waals surface area contributed by atoms with E-state index in [0.717, 1.165) is 10.9 Å². The van der Waals surface area contributed by atoms with E-state index in [0.29, 0.717) is 35.9 Å². The number of aromatic nitrogens is 1. The molecule has 1 aromatic heterocycles. The summed E-state index contributed by atoms with van der Waals surface area (Å²) in [7, 11) is 3.66. The highest BCUT2D eigenvalue weighted by Crippen LogP contribution is 2.29. The zero-order chi connectivity index (χ0) is 18.7. The van der Waals surface area contributed by atoms with Gasteiger partial charge in [0.15, 0.2) is 0 Å². The van der Waals surface area contributed by atoms with Gasteiger partial charge in [-0.25, -0.2) is 4.39 Å². The Kier molecular flexibility index (Phi) is 5.47. The number of carbonyl (C=O) groups is 1. The Balaban J connectivity index is 1.59. The molecular weight excluding hydrogens is 353 g/mol. The summed E-state index contributed by atoms with van der Waals surface area (Å²) in [6.45, 7) is 1.11. The molecule has 2 aromatic carbocycles. The van der Waals surface area contributed by atoms with E-state index in [4.69, 9.17) is 11.6 Å². The number of hydrogen-bond donors (Lipinski definition) is 1. The summed E-state index contributed by atoms with van der Waals surface area (Å²) >= 11 is 6.39. The minimum atomic E-state index is -0.249. The van der Waals surface area contributed by atoms with Crippen LogP contribution in [0.2, 0.25) is 5.02 Å². The number of rotatable bonds is 6. The minimum Gasteiger partial charge on any atom is -0.372 e. The van der Waals surface area contributed by atoms with Crippen molar-refractivity contribution in [3.05, 3.63) is 65.1 Å². The third-order valence-corrected chi connectivity index (χ3v) is 4.86. The van der Waals surface area contributed by atoms with Crippen LogP contribution >= 0.6 is 11.6 Å². The predicted molar refractivity (Wildman–Crippen MR) is 105 cm³/mol. The van der Waals surface area contributed by atoms with Gasteiger partial charge in [0.1, 0.15) is 11.5 Å². The van der Waals surface area contributed by atoms with E-state index < -0.39 is 0 Å². The Hall–Kier alpha value is -2.53. The maximum atomic E-state index is 13.8. The van der Waals surface area contributed by atoms with Crippen molar-refractivity contribution in [2.45, 2.75) is 6.42 Å². The molecule has 4 nitrogen and oxygen atoms in total. The molecule has 1 amide bonds. The molecule has 136 valence electrons. The van der Waals surface area contributed by atoms with E-state index in [1.807, 2.05) is 43.3 Å². The summed E-state index contributed by atoms with van der Waals surface area (Å²) in [5.41, 5.74) is 1.92. The molecule has 0 radical (unpaired) electrons. The first kappa shape index (κ1) is 18.3. The van der Waals surface area contributed by atoms with E-state index in [-0.39, 0.29) is 11.7 Å². The van der Waals surface area contributed by atoms with E-state index >= 15 is 0 Å². The first-order chi connectivity index (χ1) is 12.5. The van der Waals surface area contributed by atoms with Crippen molar-refractivity contribution in [2.24, 2.45) is 7.05 Å². The van der Waals surface area contributed by atoms with Gasteiger partial charge in [0.2, 0.25) is 0 Å². The van der Waals surface area contributed by atoms with E-state index in [9.17, 15) is 9.18 Å². The van der Waals surface area contributed by atoms with Crippen LogP contribution < -0.4 is 10.2 Å². The Labute approximate surface area is 157 Å². The number of amides is 1. The van der Waals surface area contributed by atoms with Crippen LogP contribution in [0, 0.1) is 5.82 Å². The summed E-state index contributed by atoms with van der Waals surface area (Å²) in [5.74, 6) is -0.455. The maximum absolute atomic E-state index is 13.8. The number of carbonyl (C=O) groups excluding carboxylic acids is 1. The minimum absolute atomic E-state index is 0.206. The number of fused-ring (bicyclic) bond motifs is 1. The zero-order valence-corrected chi connectivity index (χ0v) is 15.6. The highest BCUT2D eigenvalue weighted by Gasteiger charge is 2.19.